The minimum Gasteiger partial charge on any atom is -0.394 e. The van der Waals surface area contributed by atoms with Gasteiger partial charge >= 0.3 is 0 Å². The lowest BCUT2D eigenvalue weighted by Gasteiger charge is -2.20. The van der Waals surface area contributed by atoms with Crippen molar-refractivity contribution in [1.82, 2.24) is 0 Å². The molecule has 0 amide bonds. The zero-order valence-electron chi connectivity index (χ0n) is 9.87. The fraction of sp³-hybridized carbons (Fsp3) is 1.00. The van der Waals surface area contributed by atoms with Crippen molar-refractivity contribution in [3.63, 3.8) is 0 Å². The van der Waals surface area contributed by atoms with Crippen molar-refractivity contribution in [1.29, 1.82) is 0 Å². The largest absolute Gasteiger partial charge is 0.394 e. The van der Waals surface area contributed by atoms with Gasteiger partial charge < -0.3 is 24.8 Å². The quantitative estimate of drug-likeness (QED) is 0.604. The van der Waals surface area contributed by atoms with Crippen LogP contribution in [0.1, 0.15) is 33.1 Å². The number of rotatable bonds is 6. The highest BCUT2D eigenvalue weighted by molar-refractivity contribution is 4.86. The van der Waals surface area contributed by atoms with Gasteiger partial charge in [0.05, 0.1) is 12.7 Å². The van der Waals surface area contributed by atoms with Gasteiger partial charge in [0.1, 0.15) is 18.3 Å². The maximum Gasteiger partial charge on any atom is 0.186 e. The average molecular weight is 234 g/mol. The van der Waals surface area contributed by atoms with Gasteiger partial charge in [-0.05, 0) is 13.3 Å². The van der Waals surface area contributed by atoms with E-state index in [1.807, 2.05) is 6.92 Å². The summed E-state index contributed by atoms with van der Waals surface area (Å²) in [6, 6.07) is 0. The van der Waals surface area contributed by atoms with Crippen molar-refractivity contribution < 1.29 is 24.8 Å². The van der Waals surface area contributed by atoms with E-state index in [4.69, 9.17) is 14.6 Å². The van der Waals surface area contributed by atoms with Gasteiger partial charge in [0, 0.05) is 0 Å². The predicted octanol–water partition coefficient (Wildman–Crippen LogP) is 0.0207. The number of ether oxygens (including phenoxy) is 2. The Hall–Kier alpha value is -0.200. The fourth-order valence-corrected chi connectivity index (χ4v) is 1.77. The standard InChI is InChI=1S/C11H22O5/c1-3-4-5-7(2)15-11-10(14)9(13)8(6-12)16-11/h7-14H,3-6H2,1-2H3/t7?,8-,9-,10+,11+/m1/s1. The van der Waals surface area contributed by atoms with Crippen molar-refractivity contribution in [2.24, 2.45) is 0 Å². The van der Waals surface area contributed by atoms with Gasteiger partial charge in [0.15, 0.2) is 6.29 Å². The minimum atomic E-state index is -1.08. The predicted molar refractivity (Wildman–Crippen MR) is 57.8 cm³/mol. The monoisotopic (exact) mass is 234 g/mol. The van der Waals surface area contributed by atoms with Gasteiger partial charge in [-0.25, -0.2) is 0 Å². The molecule has 5 heteroatoms. The van der Waals surface area contributed by atoms with Crippen molar-refractivity contribution in [2.45, 2.75) is 63.8 Å². The molecule has 3 N–H and O–H groups in total. The fourth-order valence-electron chi connectivity index (χ4n) is 1.77. The van der Waals surface area contributed by atoms with E-state index in [2.05, 4.69) is 6.92 Å². The van der Waals surface area contributed by atoms with Crippen molar-refractivity contribution in [3.8, 4) is 0 Å². The summed E-state index contributed by atoms with van der Waals surface area (Å²) in [5.41, 5.74) is 0. The molecule has 1 fully saturated rings. The van der Waals surface area contributed by atoms with E-state index < -0.39 is 24.6 Å². The molecule has 0 saturated carbocycles. The molecule has 0 aromatic heterocycles. The molecule has 0 radical (unpaired) electrons. The Morgan fingerprint density at radius 3 is 2.50 bits per heavy atom. The number of aliphatic hydroxyl groups excluding tert-OH is 3. The van der Waals surface area contributed by atoms with Gasteiger partial charge in [-0.1, -0.05) is 19.8 Å². The van der Waals surface area contributed by atoms with Crippen LogP contribution in [0.15, 0.2) is 0 Å². The van der Waals surface area contributed by atoms with E-state index in [0.29, 0.717) is 0 Å². The second-order valence-electron chi connectivity index (χ2n) is 4.30. The summed E-state index contributed by atoms with van der Waals surface area (Å²) >= 11 is 0. The van der Waals surface area contributed by atoms with Crippen LogP contribution in [0.5, 0.6) is 0 Å². The van der Waals surface area contributed by atoms with Crippen LogP contribution in [0.3, 0.4) is 0 Å². The second kappa shape index (κ2) is 6.51. The molecule has 1 rings (SSSR count). The molecule has 5 atom stereocenters. The van der Waals surface area contributed by atoms with Crippen LogP contribution in [-0.2, 0) is 9.47 Å². The third kappa shape index (κ3) is 3.40. The lowest BCUT2D eigenvalue weighted by Crippen LogP contribution is -2.35. The molecule has 0 spiro atoms. The lowest BCUT2D eigenvalue weighted by molar-refractivity contribution is -0.191. The first-order chi connectivity index (χ1) is 7.60. The van der Waals surface area contributed by atoms with E-state index in [1.165, 1.54) is 0 Å². The van der Waals surface area contributed by atoms with Crippen molar-refractivity contribution in [2.75, 3.05) is 6.61 Å². The number of unbranched alkanes of at least 4 members (excludes halogenated alkanes) is 1. The van der Waals surface area contributed by atoms with Crippen LogP contribution in [0, 0.1) is 0 Å². The van der Waals surface area contributed by atoms with E-state index in [1.54, 1.807) is 0 Å². The third-order valence-electron chi connectivity index (χ3n) is 2.83. The molecule has 0 aromatic carbocycles. The summed E-state index contributed by atoms with van der Waals surface area (Å²) in [6.45, 7) is 3.69. The van der Waals surface area contributed by atoms with Crippen LogP contribution < -0.4 is 0 Å². The topological polar surface area (TPSA) is 79.2 Å². The molecule has 1 aliphatic heterocycles. The molecule has 1 heterocycles. The highest BCUT2D eigenvalue weighted by Crippen LogP contribution is 2.23. The molecule has 0 aromatic rings. The van der Waals surface area contributed by atoms with E-state index >= 15 is 0 Å². The Labute approximate surface area is 96.0 Å². The molecule has 5 nitrogen and oxygen atoms in total. The lowest BCUT2D eigenvalue weighted by atomic mass is 10.1. The Kier molecular flexibility index (Phi) is 5.64. The van der Waals surface area contributed by atoms with Crippen LogP contribution in [0.4, 0.5) is 0 Å². The van der Waals surface area contributed by atoms with E-state index in [-0.39, 0.29) is 12.7 Å². The van der Waals surface area contributed by atoms with Gasteiger partial charge in [-0.3, -0.25) is 0 Å². The van der Waals surface area contributed by atoms with E-state index in [9.17, 15) is 10.2 Å². The first kappa shape index (κ1) is 13.9. The number of aliphatic hydroxyl groups is 3. The summed E-state index contributed by atoms with van der Waals surface area (Å²) in [7, 11) is 0. The number of hydrogen-bond acceptors (Lipinski definition) is 5. The first-order valence-corrected chi connectivity index (χ1v) is 5.88. The molecule has 1 aliphatic rings. The van der Waals surface area contributed by atoms with Crippen molar-refractivity contribution >= 4 is 0 Å². The summed E-state index contributed by atoms with van der Waals surface area (Å²) in [5.74, 6) is 0. The Balaban J connectivity index is 2.37. The average Bonchev–Trinajstić information content (AvgIpc) is 2.54. The molecular weight excluding hydrogens is 212 g/mol. The smallest absolute Gasteiger partial charge is 0.186 e. The molecular formula is C11H22O5. The summed E-state index contributed by atoms with van der Waals surface area (Å²) in [5, 5.41) is 28.0. The summed E-state index contributed by atoms with van der Waals surface area (Å²) in [4.78, 5) is 0. The van der Waals surface area contributed by atoms with Crippen LogP contribution in [-0.4, -0.2) is 52.6 Å². The molecule has 96 valence electrons. The molecule has 1 unspecified atom stereocenters. The Bertz CT molecular complexity index is 199. The maximum atomic E-state index is 9.62. The van der Waals surface area contributed by atoms with Crippen LogP contribution in [0.2, 0.25) is 0 Å². The normalized spacial score (nSPS) is 36.6. The van der Waals surface area contributed by atoms with Crippen molar-refractivity contribution in [3.05, 3.63) is 0 Å². The first-order valence-electron chi connectivity index (χ1n) is 5.88. The van der Waals surface area contributed by atoms with Gasteiger partial charge in [0.25, 0.3) is 0 Å². The molecule has 0 aliphatic carbocycles. The van der Waals surface area contributed by atoms with Gasteiger partial charge in [-0.15, -0.1) is 0 Å². The second-order valence-corrected chi connectivity index (χ2v) is 4.30. The summed E-state index contributed by atoms with van der Waals surface area (Å²) < 4.78 is 10.7. The molecule has 1 saturated heterocycles. The Morgan fingerprint density at radius 1 is 1.31 bits per heavy atom. The molecule has 16 heavy (non-hydrogen) atoms. The maximum absolute atomic E-state index is 9.62. The van der Waals surface area contributed by atoms with Crippen LogP contribution >= 0.6 is 0 Å². The van der Waals surface area contributed by atoms with E-state index in [0.717, 1.165) is 19.3 Å². The third-order valence-corrected chi connectivity index (χ3v) is 2.83. The highest BCUT2D eigenvalue weighted by atomic mass is 16.7. The highest BCUT2D eigenvalue weighted by Gasteiger charge is 2.43. The van der Waals surface area contributed by atoms with Crippen LogP contribution in [0.25, 0.3) is 0 Å². The summed E-state index contributed by atoms with van der Waals surface area (Å²) in [6.07, 6.45) is -0.737. The zero-order chi connectivity index (χ0) is 12.1. The van der Waals surface area contributed by atoms with Gasteiger partial charge in [0.2, 0.25) is 0 Å². The Morgan fingerprint density at radius 2 is 2.00 bits per heavy atom. The number of hydrogen-bond donors (Lipinski definition) is 3. The van der Waals surface area contributed by atoms with Gasteiger partial charge in [-0.2, -0.15) is 0 Å². The minimum absolute atomic E-state index is 0.0238. The zero-order valence-corrected chi connectivity index (χ0v) is 9.87. The SMILES string of the molecule is CCCCC(C)O[C@H]1O[C@H](CO)[C@@H](O)[C@@H]1O. The molecule has 0 bridgehead atoms.